The van der Waals surface area contributed by atoms with Crippen molar-refractivity contribution in [2.24, 2.45) is 11.7 Å². The van der Waals surface area contributed by atoms with Crippen molar-refractivity contribution in [3.63, 3.8) is 0 Å². The van der Waals surface area contributed by atoms with Gasteiger partial charge in [0.25, 0.3) is 0 Å². The van der Waals surface area contributed by atoms with Gasteiger partial charge in [0.2, 0.25) is 5.91 Å². The molecular formula is C15H30N2O3. The van der Waals surface area contributed by atoms with Crippen molar-refractivity contribution < 1.29 is 14.3 Å². The number of carbonyl (C=O) groups is 1. The number of amides is 1. The molecule has 0 spiro atoms. The zero-order valence-electron chi connectivity index (χ0n) is 13.0. The Morgan fingerprint density at radius 1 is 1.45 bits per heavy atom. The minimum atomic E-state index is -0.324. The topological polar surface area (TPSA) is 73.6 Å². The van der Waals surface area contributed by atoms with Crippen LogP contribution in [0.25, 0.3) is 0 Å². The van der Waals surface area contributed by atoms with Gasteiger partial charge in [-0.05, 0) is 25.3 Å². The fourth-order valence-electron chi connectivity index (χ4n) is 2.72. The fourth-order valence-corrected chi connectivity index (χ4v) is 2.72. The van der Waals surface area contributed by atoms with Gasteiger partial charge in [-0.1, -0.05) is 19.8 Å². The lowest BCUT2D eigenvalue weighted by Crippen LogP contribution is -2.45. The molecule has 0 aliphatic carbocycles. The second-order valence-corrected chi connectivity index (χ2v) is 5.74. The van der Waals surface area contributed by atoms with Crippen LogP contribution in [0.2, 0.25) is 0 Å². The van der Waals surface area contributed by atoms with E-state index in [9.17, 15) is 4.79 Å². The average molecular weight is 286 g/mol. The number of methoxy groups -OCH3 is 1. The summed E-state index contributed by atoms with van der Waals surface area (Å²) < 4.78 is 10.9. The molecule has 1 amide bonds. The third-order valence-electron chi connectivity index (χ3n) is 4.16. The summed E-state index contributed by atoms with van der Waals surface area (Å²) in [6.07, 6.45) is 5.65. The summed E-state index contributed by atoms with van der Waals surface area (Å²) >= 11 is 0. The van der Waals surface area contributed by atoms with Crippen molar-refractivity contribution >= 4 is 5.91 Å². The van der Waals surface area contributed by atoms with Crippen molar-refractivity contribution in [1.29, 1.82) is 0 Å². The normalized spacial score (nSPS) is 23.8. The molecule has 0 bridgehead atoms. The van der Waals surface area contributed by atoms with Crippen LogP contribution in [-0.2, 0) is 14.3 Å². The molecule has 1 heterocycles. The first-order chi connectivity index (χ1) is 9.65. The fraction of sp³-hybridized carbons (Fsp3) is 0.933. The molecule has 1 fully saturated rings. The Hall–Kier alpha value is -0.650. The largest absolute Gasteiger partial charge is 0.378 e. The van der Waals surface area contributed by atoms with Crippen molar-refractivity contribution in [2.75, 3.05) is 33.4 Å². The van der Waals surface area contributed by atoms with E-state index in [1.165, 1.54) is 0 Å². The molecule has 0 saturated carbocycles. The lowest BCUT2D eigenvalue weighted by Gasteiger charge is -2.26. The second-order valence-electron chi connectivity index (χ2n) is 5.74. The van der Waals surface area contributed by atoms with Crippen molar-refractivity contribution in [2.45, 2.75) is 51.0 Å². The minimum Gasteiger partial charge on any atom is -0.378 e. The first-order valence-electron chi connectivity index (χ1n) is 7.75. The van der Waals surface area contributed by atoms with Gasteiger partial charge >= 0.3 is 0 Å². The van der Waals surface area contributed by atoms with Gasteiger partial charge in [-0.3, -0.25) is 4.79 Å². The number of carbonyl (C=O) groups excluding carboxylic acids is 1. The van der Waals surface area contributed by atoms with E-state index in [-0.39, 0.29) is 11.5 Å². The molecule has 1 rings (SSSR count). The van der Waals surface area contributed by atoms with E-state index < -0.39 is 0 Å². The highest BCUT2D eigenvalue weighted by molar-refractivity contribution is 5.75. The van der Waals surface area contributed by atoms with Gasteiger partial charge in [0.15, 0.2) is 0 Å². The SMILES string of the molecule is CCCC(CCN)CCC(=O)NCC1(OC)CCOC1. The zero-order chi connectivity index (χ0) is 14.8. The Bertz CT molecular complexity index is 272. The van der Waals surface area contributed by atoms with Crippen LogP contribution in [0, 0.1) is 5.92 Å². The van der Waals surface area contributed by atoms with Gasteiger partial charge in [0.05, 0.1) is 6.61 Å². The molecule has 2 atom stereocenters. The number of nitrogens with one attached hydrogen (secondary N) is 1. The number of rotatable bonds is 10. The number of hydrogen-bond acceptors (Lipinski definition) is 4. The van der Waals surface area contributed by atoms with E-state index in [2.05, 4.69) is 12.2 Å². The van der Waals surface area contributed by atoms with E-state index in [1.54, 1.807) is 7.11 Å². The molecule has 3 N–H and O–H groups in total. The van der Waals surface area contributed by atoms with E-state index >= 15 is 0 Å². The first kappa shape index (κ1) is 17.4. The van der Waals surface area contributed by atoms with Crippen LogP contribution in [0.3, 0.4) is 0 Å². The van der Waals surface area contributed by atoms with Gasteiger partial charge in [0, 0.05) is 33.1 Å². The van der Waals surface area contributed by atoms with Gasteiger partial charge in [-0.2, -0.15) is 0 Å². The molecule has 2 unspecified atom stereocenters. The summed E-state index contributed by atoms with van der Waals surface area (Å²) in [5.41, 5.74) is 5.29. The van der Waals surface area contributed by atoms with Crippen LogP contribution in [0.1, 0.15) is 45.4 Å². The Labute approximate surface area is 122 Å². The van der Waals surface area contributed by atoms with Crippen molar-refractivity contribution in [3.8, 4) is 0 Å². The quantitative estimate of drug-likeness (QED) is 0.637. The molecule has 0 aromatic carbocycles. The van der Waals surface area contributed by atoms with E-state index in [4.69, 9.17) is 15.2 Å². The number of hydrogen-bond donors (Lipinski definition) is 2. The molecule has 1 aliphatic heterocycles. The predicted molar refractivity (Wildman–Crippen MR) is 79.5 cm³/mol. The molecule has 0 aromatic rings. The highest BCUT2D eigenvalue weighted by Crippen LogP contribution is 2.22. The van der Waals surface area contributed by atoms with Gasteiger partial charge in [-0.15, -0.1) is 0 Å². The predicted octanol–water partition coefficient (Wildman–Crippen LogP) is 1.45. The van der Waals surface area contributed by atoms with Crippen LogP contribution in [0.4, 0.5) is 0 Å². The Morgan fingerprint density at radius 3 is 2.80 bits per heavy atom. The highest BCUT2D eigenvalue weighted by atomic mass is 16.5. The molecule has 1 aliphatic rings. The molecule has 0 radical (unpaired) electrons. The highest BCUT2D eigenvalue weighted by Gasteiger charge is 2.35. The summed E-state index contributed by atoms with van der Waals surface area (Å²) in [5.74, 6) is 0.674. The van der Waals surface area contributed by atoms with Crippen LogP contribution in [-0.4, -0.2) is 44.9 Å². The average Bonchev–Trinajstić information content (AvgIpc) is 2.92. The Morgan fingerprint density at radius 2 is 2.25 bits per heavy atom. The molecular weight excluding hydrogens is 256 g/mol. The summed E-state index contributed by atoms with van der Waals surface area (Å²) in [5, 5.41) is 2.98. The van der Waals surface area contributed by atoms with Crippen molar-refractivity contribution in [3.05, 3.63) is 0 Å². The lowest BCUT2D eigenvalue weighted by atomic mass is 9.94. The van der Waals surface area contributed by atoms with Crippen LogP contribution in [0.15, 0.2) is 0 Å². The smallest absolute Gasteiger partial charge is 0.220 e. The van der Waals surface area contributed by atoms with Crippen LogP contribution >= 0.6 is 0 Å². The van der Waals surface area contributed by atoms with Crippen LogP contribution in [0.5, 0.6) is 0 Å². The minimum absolute atomic E-state index is 0.103. The van der Waals surface area contributed by atoms with E-state index in [1.807, 2.05) is 0 Å². The number of nitrogens with two attached hydrogens (primary N) is 1. The molecule has 20 heavy (non-hydrogen) atoms. The third-order valence-corrected chi connectivity index (χ3v) is 4.16. The van der Waals surface area contributed by atoms with Crippen molar-refractivity contribution in [1.82, 2.24) is 5.32 Å². The van der Waals surface area contributed by atoms with Gasteiger partial charge < -0.3 is 20.5 Å². The maximum atomic E-state index is 11.9. The lowest BCUT2D eigenvalue weighted by molar-refractivity contribution is -0.123. The van der Waals surface area contributed by atoms with E-state index in [0.717, 1.165) is 32.1 Å². The van der Waals surface area contributed by atoms with E-state index in [0.29, 0.717) is 38.6 Å². The molecule has 118 valence electrons. The zero-order valence-corrected chi connectivity index (χ0v) is 13.0. The molecule has 1 saturated heterocycles. The third kappa shape index (κ3) is 5.77. The van der Waals surface area contributed by atoms with Gasteiger partial charge in [0.1, 0.15) is 5.60 Å². The Balaban J connectivity index is 2.25. The molecule has 5 heteroatoms. The summed E-state index contributed by atoms with van der Waals surface area (Å²) in [6, 6.07) is 0. The second kappa shape index (κ2) is 9.32. The number of ether oxygens (including phenoxy) is 2. The Kier molecular flexibility index (Phi) is 8.11. The van der Waals surface area contributed by atoms with Crippen LogP contribution < -0.4 is 11.1 Å². The maximum Gasteiger partial charge on any atom is 0.220 e. The summed E-state index contributed by atoms with van der Waals surface area (Å²) in [6.45, 7) is 4.69. The van der Waals surface area contributed by atoms with Gasteiger partial charge in [-0.25, -0.2) is 0 Å². The molecule has 5 nitrogen and oxygen atoms in total. The summed E-state index contributed by atoms with van der Waals surface area (Å²) in [7, 11) is 1.68. The first-order valence-corrected chi connectivity index (χ1v) is 7.75. The molecule has 0 aromatic heterocycles. The summed E-state index contributed by atoms with van der Waals surface area (Å²) in [4.78, 5) is 11.9. The maximum absolute atomic E-state index is 11.9. The monoisotopic (exact) mass is 286 g/mol. The standard InChI is InChI=1S/C15H30N2O3/c1-3-4-13(7-9-16)5-6-14(18)17-11-15(19-2)8-10-20-12-15/h13H,3-12,16H2,1-2H3,(H,17,18).